The van der Waals surface area contributed by atoms with Gasteiger partial charge in [0.1, 0.15) is 11.6 Å². The minimum absolute atomic E-state index is 0.0503. The molecule has 5 nitrogen and oxygen atoms in total. The molecular formula is C14H16F2N4O. The molecule has 2 heterocycles. The highest BCUT2D eigenvalue weighted by Gasteiger charge is 2.25. The van der Waals surface area contributed by atoms with Crippen molar-refractivity contribution in [3.05, 3.63) is 47.1 Å². The predicted octanol–water partition coefficient (Wildman–Crippen LogP) is 1.51. The van der Waals surface area contributed by atoms with Crippen molar-refractivity contribution >= 4 is 0 Å². The first kappa shape index (κ1) is 14.1. The minimum atomic E-state index is -0.605. The second kappa shape index (κ2) is 5.87. The fraction of sp³-hybridized carbons (Fsp3) is 0.429. The average Bonchev–Trinajstić information content (AvgIpc) is 2.91. The van der Waals surface area contributed by atoms with E-state index < -0.39 is 11.6 Å². The van der Waals surface area contributed by atoms with Crippen molar-refractivity contribution in [1.29, 1.82) is 0 Å². The maximum atomic E-state index is 13.6. The van der Waals surface area contributed by atoms with E-state index in [2.05, 4.69) is 20.4 Å². The van der Waals surface area contributed by atoms with Crippen LogP contribution in [-0.4, -0.2) is 41.7 Å². The van der Waals surface area contributed by atoms with E-state index in [0.29, 0.717) is 17.3 Å². The van der Waals surface area contributed by atoms with Gasteiger partial charge >= 0.3 is 0 Å². The molecule has 1 aliphatic heterocycles. The van der Waals surface area contributed by atoms with Crippen LogP contribution in [0.5, 0.6) is 0 Å². The number of hydrogen-bond donors (Lipinski definition) is 1. The Labute approximate surface area is 120 Å². The van der Waals surface area contributed by atoms with Gasteiger partial charge in [-0.2, -0.15) is 4.98 Å². The summed E-state index contributed by atoms with van der Waals surface area (Å²) in [6, 6.07) is 3.51. The lowest BCUT2D eigenvalue weighted by molar-refractivity contribution is 0.190. The first-order valence-corrected chi connectivity index (χ1v) is 6.81. The van der Waals surface area contributed by atoms with E-state index in [4.69, 9.17) is 4.52 Å². The van der Waals surface area contributed by atoms with Gasteiger partial charge in [-0.05, 0) is 18.7 Å². The van der Waals surface area contributed by atoms with E-state index in [0.717, 1.165) is 25.7 Å². The Balaban J connectivity index is 1.75. The summed E-state index contributed by atoms with van der Waals surface area (Å²) in [7, 11) is 2.00. The largest absolute Gasteiger partial charge is 0.339 e. The molecule has 0 bridgehead atoms. The van der Waals surface area contributed by atoms with Crippen molar-refractivity contribution in [1.82, 2.24) is 20.4 Å². The topological polar surface area (TPSA) is 54.2 Å². The van der Waals surface area contributed by atoms with Gasteiger partial charge < -0.3 is 9.84 Å². The molecule has 1 aliphatic rings. The van der Waals surface area contributed by atoms with Crippen LogP contribution in [0, 0.1) is 11.6 Å². The van der Waals surface area contributed by atoms with Crippen LogP contribution < -0.4 is 5.32 Å². The van der Waals surface area contributed by atoms with Crippen LogP contribution >= 0.6 is 0 Å². The highest BCUT2D eigenvalue weighted by molar-refractivity contribution is 5.21. The fourth-order valence-electron chi connectivity index (χ4n) is 2.40. The lowest BCUT2D eigenvalue weighted by Crippen LogP contribution is -2.44. The van der Waals surface area contributed by atoms with Gasteiger partial charge in [0.15, 0.2) is 5.82 Å². The third-order valence-corrected chi connectivity index (χ3v) is 3.65. The maximum Gasteiger partial charge on any atom is 0.231 e. The average molecular weight is 294 g/mol. The number of aromatic nitrogens is 2. The maximum absolute atomic E-state index is 13.6. The number of nitrogens with zero attached hydrogens (tertiary/aromatic N) is 3. The van der Waals surface area contributed by atoms with E-state index in [9.17, 15) is 8.78 Å². The number of likely N-dealkylation sites (N-methyl/N-ethyl adjacent to an activating group) is 1. The molecule has 21 heavy (non-hydrogen) atoms. The summed E-state index contributed by atoms with van der Waals surface area (Å²) in [5.74, 6) is -0.291. The highest BCUT2D eigenvalue weighted by Crippen LogP contribution is 2.19. The van der Waals surface area contributed by atoms with E-state index >= 15 is 0 Å². The first-order chi connectivity index (χ1) is 10.1. The zero-order valence-corrected chi connectivity index (χ0v) is 11.6. The molecule has 2 aromatic rings. The molecule has 1 saturated heterocycles. The minimum Gasteiger partial charge on any atom is -0.339 e. The third-order valence-electron chi connectivity index (χ3n) is 3.65. The molecule has 0 aliphatic carbocycles. The predicted molar refractivity (Wildman–Crippen MR) is 71.7 cm³/mol. The summed E-state index contributed by atoms with van der Waals surface area (Å²) < 4.78 is 31.7. The van der Waals surface area contributed by atoms with Crippen molar-refractivity contribution in [2.75, 3.05) is 26.7 Å². The summed E-state index contributed by atoms with van der Waals surface area (Å²) in [4.78, 5) is 6.47. The molecule has 0 saturated carbocycles. The van der Waals surface area contributed by atoms with Crippen LogP contribution in [0.4, 0.5) is 8.78 Å². The highest BCUT2D eigenvalue weighted by atomic mass is 19.1. The van der Waals surface area contributed by atoms with Crippen molar-refractivity contribution in [3.63, 3.8) is 0 Å². The molecule has 1 fully saturated rings. The Morgan fingerprint density at radius 3 is 3.05 bits per heavy atom. The van der Waals surface area contributed by atoms with Crippen molar-refractivity contribution < 1.29 is 13.3 Å². The number of nitrogens with one attached hydrogen (secondary N) is 1. The second-order valence-electron chi connectivity index (χ2n) is 5.16. The van der Waals surface area contributed by atoms with Crippen molar-refractivity contribution in [2.45, 2.75) is 12.5 Å². The van der Waals surface area contributed by atoms with Crippen LogP contribution in [0.1, 0.15) is 23.3 Å². The molecule has 1 atom stereocenters. The number of benzene rings is 1. The molecule has 3 rings (SSSR count). The smallest absolute Gasteiger partial charge is 0.231 e. The Bertz CT molecular complexity index is 631. The van der Waals surface area contributed by atoms with Crippen LogP contribution in [0.3, 0.4) is 0 Å². The zero-order valence-electron chi connectivity index (χ0n) is 11.6. The second-order valence-corrected chi connectivity index (χ2v) is 5.16. The van der Waals surface area contributed by atoms with Gasteiger partial charge in [-0.15, -0.1) is 0 Å². The lowest BCUT2D eigenvalue weighted by Gasteiger charge is -2.30. The first-order valence-electron chi connectivity index (χ1n) is 6.81. The summed E-state index contributed by atoms with van der Waals surface area (Å²) in [6.45, 7) is 2.58. The summed E-state index contributed by atoms with van der Waals surface area (Å²) in [6.07, 6.45) is 0.156. The third kappa shape index (κ3) is 3.08. The summed E-state index contributed by atoms with van der Waals surface area (Å²) in [5.41, 5.74) is 0.335. The number of hydrogen-bond acceptors (Lipinski definition) is 5. The van der Waals surface area contributed by atoms with Crippen LogP contribution in [0.15, 0.2) is 22.7 Å². The van der Waals surface area contributed by atoms with Gasteiger partial charge in [-0.3, -0.25) is 4.90 Å². The standard InChI is InChI=1S/C14H16F2N4O/c1-20-5-4-17-8-12(20)14-18-13(21-19-14)6-9-2-3-10(15)7-11(9)16/h2-3,7,12,17H,4-6,8H2,1H3. The van der Waals surface area contributed by atoms with Gasteiger partial charge in [0.2, 0.25) is 5.89 Å². The van der Waals surface area contributed by atoms with Gasteiger partial charge in [-0.1, -0.05) is 11.2 Å². The molecule has 112 valence electrons. The van der Waals surface area contributed by atoms with Gasteiger partial charge in [0, 0.05) is 25.7 Å². The van der Waals surface area contributed by atoms with Gasteiger partial charge in [-0.25, -0.2) is 8.78 Å². The number of halogens is 2. The summed E-state index contributed by atoms with van der Waals surface area (Å²) in [5, 5.41) is 7.24. The molecule has 1 unspecified atom stereocenters. The van der Waals surface area contributed by atoms with E-state index in [1.807, 2.05) is 7.05 Å². The molecular weight excluding hydrogens is 278 g/mol. The molecule has 0 spiro atoms. The van der Waals surface area contributed by atoms with Crippen LogP contribution in [-0.2, 0) is 6.42 Å². The Morgan fingerprint density at radius 1 is 1.43 bits per heavy atom. The Morgan fingerprint density at radius 2 is 2.29 bits per heavy atom. The van der Waals surface area contributed by atoms with E-state index in [1.165, 1.54) is 12.1 Å². The molecule has 1 aromatic heterocycles. The van der Waals surface area contributed by atoms with Crippen molar-refractivity contribution in [2.24, 2.45) is 0 Å². The molecule has 1 aromatic carbocycles. The monoisotopic (exact) mass is 294 g/mol. The number of piperazine rings is 1. The van der Waals surface area contributed by atoms with Gasteiger partial charge in [0.05, 0.1) is 12.5 Å². The number of rotatable bonds is 3. The quantitative estimate of drug-likeness (QED) is 0.930. The van der Waals surface area contributed by atoms with E-state index in [1.54, 1.807) is 0 Å². The molecule has 1 N–H and O–H groups in total. The molecule has 0 radical (unpaired) electrons. The normalized spacial score (nSPS) is 19.9. The Hall–Kier alpha value is -1.86. The molecule has 7 heteroatoms. The van der Waals surface area contributed by atoms with Crippen LogP contribution in [0.2, 0.25) is 0 Å². The van der Waals surface area contributed by atoms with Gasteiger partial charge in [0.25, 0.3) is 0 Å². The zero-order chi connectivity index (χ0) is 14.8. The van der Waals surface area contributed by atoms with E-state index in [-0.39, 0.29) is 12.5 Å². The lowest BCUT2D eigenvalue weighted by atomic mass is 10.1. The Kier molecular flexibility index (Phi) is 3.94. The van der Waals surface area contributed by atoms with Crippen molar-refractivity contribution in [3.8, 4) is 0 Å². The SMILES string of the molecule is CN1CCNCC1c1noc(Cc2ccc(F)cc2F)n1. The summed E-state index contributed by atoms with van der Waals surface area (Å²) >= 11 is 0. The molecule has 0 amide bonds. The van der Waals surface area contributed by atoms with Crippen LogP contribution in [0.25, 0.3) is 0 Å². The fourth-order valence-corrected chi connectivity index (χ4v) is 2.40.